The number of nitrogens with zero attached hydrogens (tertiary/aromatic N) is 3. The lowest BCUT2D eigenvalue weighted by molar-refractivity contribution is -0.136. The summed E-state index contributed by atoms with van der Waals surface area (Å²) in [5.41, 5.74) is 0.160. The highest BCUT2D eigenvalue weighted by Crippen LogP contribution is 2.28. The largest absolute Gasteiger partial charge is 0.345 e. The number of amides is 1. The van der Waals surface area contributed by atoms with Crippen molar-refractivity contribution in [2.24, 2.45) is 11.8 Å². The Hall–Kier alpha value is -1.91. The molecule has 6 nitrogen and oxygen atoms in total. The number of rotatable bonds is 5. The van der Waals surface area contributed by atoms with Crippen LogP contribution in [0.4, 0.5) is 0 Å². The molecule has 28 heavy (non-hydrogen) atoms. The van der Waals surface area contributed by atoms with Crippen molar-refractivity contribution >= 4 is 15.9 Å². The van der Waals surface area contributed by atoms with Gasteiger partial charge in [0.25, 0.3) is 0 Å². The Morgan fingerprint density at radius 2 is 1.79 bits per heavy atom. The minimum Gasteiger partial charge on any atom is -0.345 e. The predicted molar refractivity (Wildman–Crippen MR) is 107 cm³/mol. The van der Waals surface area contributed by atoms with Crippen molar-refractivity contribution in [3.05, 3.63) is 29.8 Å². The maximum Gasteiger partial charge on any atom is 0.244 e. The van der Waals surface area contributed by atoms with Gasteiger partial charge in [0.05, 0.1) is 10.5 Å². The molecule has 0 bridgehead atoms. The Morgan fingerprint density at radius 3 is 2.43 bits per heavy atom. The van der Waals surface area contributed by atoms with Crippen LogP contribution in [0.5, 0.6) is 0 Å². The number of sulfonamides is 1. The van der Waals surface area contributed by atoms with Gasteiger partial charge in [-0.05, 0) is 43.7 Å². The SMILES string of the molecule is CN(CC1CCCCC1)C(=O)C1CCN(S(=O)(=O)c2ccccc2C#N)CC1. The maximum absolute atomic E-state index is 12.9. The molecule has 0 N–H and O–H groups in total. The standard InChI is InChI=1S/C21H29N3O3S/c1-23(16-17-7-3-2-4-8-17)21(25)18-11-13-24(14-12-18)28(26,27)20-10-6-5-9-19(20)15-22/h5-6,9-10,17-18H,2-4,7-8,11-14,16H2,1H3. The molecule has 0 radical (unpaired) electrons. The summed E-state index contributed by atoms with van der Waals surface area (Å²) in [6.45, 7) is 1.44. The van der Waals surface area contributed by atoms with E-state index in [9.17, 15) is 18.5 Å². The molecule has 1 saturated carbocycles. The Kier molecular flexibility index (Phi) is 6.73. The number of benzene rings is 1. The summed E-state index contributed by atoms with van der Waals surface area (Å²) < 4.78 is 27.2. The van der Waals surface area contributed by atoms with Crippen LogP contribution in [-0.4, -0.2) is 50.2 Å². The molecule has 7 heteroatoms. The highest BCUT2D eigenvalue weighted by molar-refractivity contribution is 7.89. The van der Waals surface area contributed by atoms with Crippen LogP contribution in [0, 0.1) is 23.2 Å². The van der Waals surface area contributed by atoms with Crippen LogP contribution in [0.2, 0.25) is 0 Å². The first-order chi connectivity index (χ1) is 13.4. The van der Waals surface area contributed by atoms with Crippen molar-refractivity contribution < 1.29 is 13.2 Å². The van der Waals surface area contributed by atoms with Crippen molar-refractivity contribution in [3.8, 4) is 6.07 Å². The third-order valence-electron chi connectivity index (χ3n) is 6.06. The summed E-state index contributed by atoms with van der Waals surface area (Å²) in [6, 6.07) is 8.23. The van der Waals surface area contributed by atoms with Crippen molar-refractivity contribution in [2.75, 3.05) is 26.7 Å². The Morgan fingerprint density at radius 1 is 1.14 bits per heavy atom. The quantitative estimate of drug-likeness (QED) is 0.757. The number of hydrogen-bond acceptors (Lipinski definition) is 4. The third-order valence-corrected chi connectivity index (χ3v) is 8.02. The molecule has 1 amide bonds. The first kappa shape index (κ1) is 20.8. The van der Waals surface area contributed by atoms with Gasteiger partial charge < -0.3 is 4.90 Å². The molecule has 1 aromatic carbocycles. The minimum atomic E-state index is -3.71. The fourth-order valence-corrected chi connectivity index (χ4v) is 6.04. The lowest BCUT2D eigenvalue weighted by Crippen LogP contribution is -2.44. The molecule has 0 aromatic heterocycles. The van der Waals surface area contributed by atoms with Gasteiger partial charge in [-0.25, -0.2) is 8.42 Å². The maximum atomic E-state index is 12.9. The van der Waals surface area contributed by atoms with Crippen molar-refractivity contribution in [2.45, 2.75) is 49.8 Å². The molecule has 2 fully saturated rings. The first-order valence-corrected chi connectivity index (χ1v) is 11.6. The van der Waals surface area contributed by atoms with Crippen LogP contribution in [0.25, 0.3) is 0 Å². The van der Waals surface area contributed by atoms with Gasteiger partial charge in [0.2, 0.25) is 15.9 Å². The van der Waals surface area contributed by atoms with E-state index >= 15 is 0 Å². The molecule has 3 rings (SSSR count). The third kappa shape index (κ3) is 4.56. The Balaban J connectivity index is 1.59. The number of carbonyl (C=O) groups excluding carboxylic acids is 1. The average molecular weight is 404 g/mol. The van der Waals surface area contributed by atoms with E-state index in [0.717, 1.165) is 6.54 Å². The molecule has 1 aromatic rings. The zero-order chi connectivity index (χ0) is 20.1. The number of nitriles is 1. The van der Waals surface area contributed by atoms with E-state index in [1.807, 2.05) is 18.0 Å². The van der Waals surface area contributed by atoms with Crippen LogP contribution >= 0.6 is 0 Å². The van der Waals surface area contributed by atoms with Crippen molar-refractivity contribution in [3.63, 3.8) is 0 Å². The fourth-order valence-electron chi connectivity index (χ4n) is 4.42. The van der Waals surface area contributed by atoms with E-state index in [2.05, 4.69) is 0 Å². The predicted octanol–water partition coefficient (Wildman–Crippen LogP) is 3.00. The van der Waals surface area contributed by atoms with Gasteiger partial charge in [0.15, 0.2) is 0 Å². The van der Waals surface area contributed by atoms with E-state index in [1.165, 1.54) is 48.5 Å². The summed E-state index contributed by atoms with van der Waals surface area (Å²) >= 11 is 0. The fraction of sp³-hybridized carbons (Fsp3) is 0.619. The molecular weight excluding hydrogens is 374 g/mol. The molecule has 1 aliphatic carbocycles. The Labute approximate surface area is 168 Å². The molecule has 1 aliphatic heterocycles. The number of hydrogen-bond donors (Lipinski definition) is 0. The van der Waals surface area contributed by atoms with Crippen LogP contribution in [0.1, 0.15) is 50.5 Å². The second kappa shape index (κ2) is 9.06. The molecule has 0 spiro atoms. The molecule has 0 unspecified atom stereocenters. The van der Waals surface area contributed by atoms with Gasteiger partial charge in [0.1, 0.15) is 6.07 Å². The number of piperidine rings is 1. The normalized spacial score (nSPS) is 19.9. The van der Waals surface area contributed by atoms with E-state index < -0.39 is 10.0 Å². The van der Waals surface area contributed by atoms with E-state index in [4.69, 9.17) is 0 Å². The zero-order valence-electron chi connectivity index (χ0n) is 16.5. The van der Waals surface area contributed by atoms with Gasteiger partial charge in [-0.15, -0.1) is 0 Å². The highest BCUT2D eigenvalue weighted by Gasteiger charge is 2.34. The summed E-state index contributed by atoms with van der Waals surface area (Å²) in [7, 11) is -1.83. The second-order valence-corrected chi connectivity index (χ2v) is 9.92. The van der Waals surface area contributed by atoms with Crippen LogP contribution in [-0.2, 0) is 14.8 Å². The van der Waals surface area contributed by atoms with Crippen LogP contribution in [0.15, 0.2) is 29.2 Å². The molecule has 1 heterocycles. The smallest absolute Gasteiger partial charge is 0.244 e. The van der Waals surface area contributed by atoms with Gasteiger partial charge >= 0.3 is 0 Å². The highest BCUT2D eigenvalue weighted by atomic mass is 32.2. The molecule has 1 saturated heterocycles. The molecule has 152 valence electrons. The molecular formula is C21H29N3O3S. The van der Waals surface area contributed by atoms with Crippen molar-refractivity contribution in [1.82, 2.24) is 9.21 Å². The summed E-state index contributed by atoms with van der Waals surface area (Å²) in [5, 5.41) is 9.21. The zero-order valence-corrected chi connectivity index (χ0v) is 17.3. The van der Waals surface area contributed by atoms with Gasteiger partial charge in [-0.2, -0.15) is 9.57 Å². The van der Waals surface area contributed by atoms with Crippen molar-refractivity contribution in [1.29, 1.82) is 5.26 Å². The van der Waals surface area contributed by atoms with E-state index in [-0.39, 0.29) is 22.3 Å². The van der Waals surface area contributed by atoms with Gasteiger partial charge in [-0.1, -0.05) is 31.4 Å². The first-order valence-electron chi connectivity index (χ1n) is 10.2. The number of carbonyl (C=O) groups is 1. The lowest BCUT2D eigenvalue weighted by atomic mass is 9.88. The molecule has 2 aliphatic rings. The van der Waals surface area contributed by atoms with E-state index in [1.54, 1.807) is 12.1 Å². The van der Waals surface area contributed by atoms with E-state index in [0.29, 0.717) is 31.8 Å². The lowest BCUT2D eigenvalue weighted by Gasteiger charge is -2.34. The molecule has 0 atom stereocenters. The average Bonchev–Trinajstić information content (AvgIpc) is 2.74. The van der Waals surface area contributed by atoms with Crippen LogP contribution in [0.3, 0.4) is 0 Å². The summed E-state index contributed by atoms with van der Waals surface area (Å²) in [4.78, 5) is 14.7. The van der Waals surface area contributed by atoms with Gasteiger partial charge in [0, 0.05) is 32.6 Å². The monoisotopic (exact) mass is 403 g/mol. The topological polar surface area (TPSA) is 81.5 Å². The van der Waals surface area contributed by atoms with Gasteiger partial charge in [-0.3, -0.25) is 4.79 Å². The Bertz CT molecular complexity index is 833. The minimum absolute atomic E-state index is 0.0525. The second-order valence-electron chi connectivity index (χ2n) is 8.01. The van der Waals surface area contributed by atoms with Crippen LogP contribution < -0.4 is 0 Å². The summed E-state index contributed by atoms with van der Waals surface area (Å²) in [5.74, 6) is 0.622. The summed E-state index contributed by atoms with van der Waals surface area (Å²) in [6.07, 6.45) is 7.28.